The number of rotatable bonds is 15. The summed E-state index contributed by atoms with van der Waals surface area (Å²) < 4.78 is 57.6. The van der Waals surface area contributed by atoms with Gasteiger partial charge in [-0.3, -0.25) is 24.4 Å². The van der Waals surface area contributed by atoms with Crippen LogP contribution in [-0.4, -0.2) is 71.3 Å². The van der Waals surface area contributed by atoms with Gasteiger partial charge >= 0.3 is 6.18 Å². The SMILES string of the molecule is CC(C)S(=O)NC(=O)CCNC(=O)CCCNC(=O)c1ccc(NC2N=C(NC3(c4ccc(Cl)cc4)CC3)NC(OCC(F)(F)F)=N2)cc1. The van der Waals surface area contributed by atoms with E-state index in [0.717, 1.165) is 18.4 Å². The van der Waals surface area contributed by atoms with E-state index in [1.165, 1.54) is 0 Å². The van der Waals surface area contributed by atoms with Gasteiger partial charge in [0.25, 0.3) is 11.9 Å². The Morgan fingerprint density at radius 2 is 1.69 bits per heavy atom. The smallest absolute Gasteiger partial charge is 0.422 e. The number of amidine groups is 1. The monoisotopic (exact) mass is 726 g/mol. The average Bonchev–Trinajstić information content (AvgIpc) is 3.82. The minimum atomic E-state index is -4.57. The van der Waals surface area contributed by atoms with Crippen molar-refractivity contribution in [1.29, 1.82) is 0 Å². The van der Waals surface area contributed by atoms with Crippen LogP contribution in [0.3, 0.4) is 0 Å². The first kappa shape index (κ1) is 37.4. The van der Waals surface area contributed by atoms with Crippen molar-refractivity contribution < 1.29 is 36.5 Å². The summed E-state index contributed by atoms with van der Waals surface area (Å²) in [5.74, 6) is -0.902. The summed E-state index contributed by atoms with van der Waals surface area (Å²) in [6.07, 6.45) is -3.59. The molecule has 0 saturated heterocycles. The van der Waals surface area contributed by atoms with Crippen molar-refractivity contribution in [2.24, 2.45) is 9.98 Å². The molecule has 1 saturated carbocycles. The fraction of sp³-hybridized carbons (Fsp3) is 0.452. The second-order valence-corrected chi connectivity index (χ2v) is 13.8. The maximum atomic E-state index is 12.9. The predicted molar refractivity (Wildman–Crippen MR) is 180 cm³/mol. The standard InChI is InChI=1S/C31H38ClF3N8O5S/c1-19(2)49(47)43-25(45)13-17-36-24(44)4-3-16-37-26(46)20-5-11-23(12-6-20)38-27-39-28(41-29(40-27)48-18-31(33,34)35)42-30(14-15-30)21-7-9-22(32)10-8-21/h5-12,19,27,38H,3-4,13-18H2,1-2H3,(H,36,44)(H,37,46)(H,43,45)(H2,39,40,41,42). The molecule has 2 aromatic carbocycles. The average molecular weight is 727 g/mol. The molecule has 2 atom stereocenters. The quantitative estimate of drug-likeness (QED) is 0.152. The van der Waals surface area contributed by atoms with E-state index in [4.69, 9.17) is 16.3 Å². The van der Waals surface area contributed by atoms with Gasteiger partial charge in [-0.15, -0.1) is 0 Å². The maximum Gasteiger partial charge on any atom is 0.422 e. The zero-order chi connectivity index (χ0) is 35.6. The van der Waals surface area contributed by atoms with Crippen LogP contribution in [0, 0.1) is 0 Å². The molecule has 13 nitrogen and oxygen atoms in total. The summed E-state index contributed by atoms with van der Waals surface area (Å²) in [4.78, 5) is 45.0. The number of aliphatic imine (C=N–C) groups is 2. The van der Waals surface area contributed by atoms with Gasteiger partial charge in [-0.2, -0.15) is 18.2 Å². The Labute approximate surface area is 288 Å². The van der Waals surface area contributed by atoms with Crippen LogP contribution in [0.25, 0.3) is 0 Å². The number of nitrogens with zero attached hydrogens (tertiary/aromatic N) is 2. The second kappa shape index (κ2) is 16.8. The van der Waals surface area contributed by atoms with Crippen molar-refractivity contribution in [2.75, 3.05) is 25.0 Å². The third-order valence-corrected chi connectivity index (χ3v) is 8.76. The lowest BCUT2D eigenvalue weighted by Crippen LogP contribution is -2.50. The Balaban J connectivity index is 1.26. The summed E-state index contributed by atoms with van der Waals surface area (Å²) in [6, 6.07) is 13.2. The van der Waals surface area contributed by atoms with Crippen LogP contribution < -0.4 is 31.3 Å². The van der Waals surface area contributed by atoms with Crippen LogP contribution >= 0.6 is 11.6 Å². The van der Waals surface area contributed by atoms with E-state index in [1.54, 1.807) is 50.2 Å². The molecule has 0 aromatic heterocycles. The summed E-state index contributed by atoms with van der Waals surface area (Å²) in [6.45, 7) is 2.22. The molecule has 4 rings (SSSR count). The van der Waals surface area contributed by atoms with Gasteiger partial charge in [0.15, 0.2) is 6.61 Å². The largest absolute Gasteiger partial charge is 0.455 e. The molecule has 1 aliphatic heterocycles. The van der Waals surface area contributed by atoms with Crippen LogP contribution in [0.4, 0.5) is 18.9 Å². The Bertz CT molecular complexity index is 1570. The van der Waals surface area contributed by atoms with Crippen LogP contribution in [0.2, 0.25) is 5.02 Å². The van der Waals surface area contributed by atoms with Crippen molar-refractivity contribution in [3.63, 3.8) is 0 Å². The van der Waals surface area contributed by atoms with Gasteiger partial charge in [-0.25, -0.2) is 9.20 Å². The summed E-state index contributed by atoms with van der Waals surface area (Å²) in [7, 11) is -1.47. The van der Waals surface area contributed by atoms with E-state index in [0.29, 0.717) is 22.7 Å². The number of alkyl halides is 3. The third-order valence-electron chi connectivity index (χ3n) is 7.22. The molecule has 0 bridgehead atoms. The highest BCUT2D eigenvalue weighted by Crippen LogP contribution is 2.45. The molecule has 1 fully saturated rings. The zero-order valence-corrected chi connectivity index (χ0v) is 28.4. The number of hydrogen-bond acceptors (Lipinski definition) is 10. The molecule has 1 heterocycles. The summed E-state index contributed by atoms with van der Waals surface area (Å²) in [5, 5.41) is 14.7. The third kappa shape index (κ3) is 12.2. The molecule has 2 aromatic rings. The Morgan fingerprint density at radius 1 is 1.00 bits per heavy atom. The van der Waals surface area contributed by atoms with Gasteiger partial charge in [0.2, 0.25) is 24.1 Å². The number of anilines is 1. The molecule has 49 heavy (non-hydrogen) atoms. The van der Waals surface area contributed by atoms with Gasteiger partial charge in [-0.1, -0.05) is 23.7 Å². The lowest BCUT2D eigenvalue weighted by molar-refractivity contribution is -0.156. The molecule has 1 aliphatic carbocycles. The highest BCUT2D eigenvalue weighted by molar-refractivity contribution is 7.84. The topological polar surface area (TPSA) is 174 Å². The fourth-order valence-electron chi connectivity index (χ4n) is 4.49. The number of ether oxygens (including phenoxy) is 1. The molecule has 266 valence electrons. The van der Waals surface area contributed by atoms with Crippen molar-refractivity contribution in [3.05, 3.63) is 64.7 Å². The minimum absolute atomic E-state index is 0.00179. The number of hydrogen-bond donors (Lipinski definition) is 6. The number of carbonyl (C=O) groups is 3. The van der Waals surface area contributed by atoms with Crippen LogP contribution in [0.15, 0.2) is 58.5 Å². The molecule has 0 spiro atoms. The molecule has 6 N–H and O–H groups in total. The molecule has 3 amide bonds. The second-order valence-electron chi connectivity index (χ2n) is 11.6. The number of carbonyl (C=O) groups excluding carboxylic acids is 3. The van der Waals surface area contributed by atoms with E-state index in [2.05, 4.69) is 41.3 Å². The van der Waals surface area contributed by atoms with Crippen LogP contribution in [-0.2, 0) is 30.9 Å². The zero-order valence-electron chi connectivity index (χ0n) is 26.8. The number of nitrogens with one attached hydrogen (secondary N) is 6. The van der Waals surface area contributed by atoms with Gasteiger partial charge in [0.1, 0.15) is 11.0 Å². The number of guanidine groups is 1. The summed E-state index contributed by atoms with van der Waals surface area (Å²) in [5.41, 5.74) is 1.31. The van der Waals surface area contributed by atoms with Gasteiger partial charge in [0, 0.05) is 47.5 Å². The summed E-state index contributed by atoms with van der Waals surface area (Å²) >= 11 is 6.02. The van der Waals surface area contributed by atoms with Crippen molar-refractivity contribution in [2.45, 2.75) is 69.2 Å². The van der Waals surface area contributed by atoms with E-state index in [9.17, 15) is 31.8 Å². The van der Waals surface area contributed by atoms with Crippen molar-refractivity contribution in [3.8, 4) is 0 Å². The van der Waals surface area contributed by atoms with Crippen LogP contribution in [0.1, 0.15) is 61.9 Å². The van der Waals surface area contributed by atoms with Crippen molar-refractivity contribution in [1.82, 2.24) is 26.0 Å². The number of halogens is 4. The highest BCUT2D eigenvalue weighted by atomic mass is 35.5. The Morgan fingerprint density at radius 3 is 2.33 bits per heavy atom. The minimum Gasteiger partial charge on any atom is -0.455 e. The number of amides is 3. The van der Waals surface area contributed by atoms with Crippen LogP contribution in [0.5, 0.6) is 0 Å². The first-order valence-electron chi connectivity index (χ1n) is 15.5. The first-order valence-corrected chi connectivity index (χ1v) is 17.1. The lowest BCUT2D eigenvalue weighted by atomic mass is 10.1. The molecule has 18 heteroatoms. The Hall–Kier alpha value is -4.38. The fourth-order valence-corrected chi connectivity index (χ4v) is 5.18. The Kier molecular flexibility index (Phi) is 12.9. The molecular weight excluding hydrogens is 689 g/mol. The molecule has 0 radical (unpaired) electrons. The predicted octanol–water partition coefficient (Wildman–Crippen LogP) is 3.41. The van der Waals surface area contributed by atoms with Gasteiger partial charge < -0.3 is 26.0 Å². The highest BCUT2D eigenvalue weighted by Gasteiger charge is 2.46. The van der Waals surface area contributed by atoms with Crippen molar-refractivity contribution >= 4 is 58.0 Å². The van der Waals surface area contributed by atoms with E-state index >= 15 is 0 Å². The normalized spacial score (nSPS) is 17.1. The number of benzene rings is 2. The lowest BCUT2D eigenvalue weighted by Gasteiger charge is -2.26. The molecule has 2 unspecified atom stereocenters. The first-order chi connectivity index (χ1) is 23.2. The van der Waals surface area contributed by atoms with E-state index in [1.807, 2.05) is 12.1 Å². The molecule has 2 aliphatic rings. The van der Waals surface area contributed by atoms with Gasteiger partial charge in [0.05, 0.1) is 5.54 Å². The molecular formula is C31H38ClF3N8O5S. The van der Waals surface area contributed by atoms with Gasteiger partial charge in [-0.05, 0) is 75.1 Å². The van der Waals surface area contributed by atoms with E-state index in [-0.39, 0.29) is 55.0 Å². The maximum absolute atomic E-state index is 12.9. The van der Waals surface area contributed by atoms with E-state index < -0.39 is 41.5 Å².